The molecule has 0 aromatic heterocycles. The Balaban J connectivity index is 2.35. The number of benzene rings is 1. The number of carbonyl (C=O) groups excluding carboxylic acids is 1. The molecule has 14 heavy (non-hydrogen) atoms. The number of nitrogens with one attached hydrogen (secondary N) is 1. The van der Waals surface area contributed by atoms with Crippen molar-refractivity contribution in [3.05, 3.63) is 34.3 Å². The van der Waals surface area contributed by atoms with Gasteiger partial charge in [-0.1, -0.05) is 28.1 Å². The predicted octanol–water partition coefficient (Wildman–Crippen LogP) is 2.43. The van der Waals surface area contributed by atoms with E-state index in [4.69, 9.17) is 0 Å². The first-order chi connectivity index (χ1) is 6.72. The van der Waals surface area contributed by atoms with E-state index in [1.165, 1.54) is 5.56 Å². The summed E-state index contributed by atoms with van der Waals surface area (Å²) in [6.07, 6.45) is 0. The number of hydrogen-bond donors (Lipinski definition) is 1. The van der Waals surface area contributed by atoms with Crippen molar-refractivity contribution in [1.82, 2.24) is 5.32 Å². The highest BCUT2D eigenvalue weighted by atomic mass is 79.9. The molecule has 4 heteroatoms. The molecule has 1 amide bonds. The van der Waals surface area contributed by atoms with Crippen LogP contribution in [0.25, 0.3) is 0 Å². The van der Waals surface area contributed by atoms with E-state index in [9.17, 15) is 4.79 Å². The zero-order valence-corrected chi connectivity index (χ0v) is 10.3. The molecule has 0 bridgehead atoms. The molecule has 1 rings (SSSR count). The van der Waals surface area contributed by atoms with Crippen LogP contribution in [0, 0.1) is 0 Å². The van der Waals surface area contributed by atoms with Gasteiger partial charge in [-0.15, -0.1) is 11.8 Å². The lowest BCUT2D eigenvalue weighted by Crippen LogP contribution is -2.19. The first-order valence-electron chi connectivity index (χ1n) is 4.25. The lowest BCUT2D eigenvalue weighted by atomic mass is 10.2. The Morgan fingerprint density at radius 1 is 1.57 bits per heavy atom. The fourth-order valence-electron chi connectivity index (χ4n) is 0.960. The fourth-order valence-corrected chi connectivity index (χ4v) is 2.25. The lowest BCUT2D eigenvalue weighted by Gasteiger charge is -2.01. The normalized spacial score (nSPS) is 9.86. The fraction of sp³-hybridized carbons (Fsp3) is 0.300. The molecule has 0 aliphatic rings. The summed E-state index contributed by atoms with van der Waals surface area (Å²) >= 11 is 5.02. The van der Waals surface area contributed by atoms with Crippen LogP contribution < -0.4 is 5.32 Å². The summed E-state index contributed by atoms with van der Waals surface area (Å²) in [5.41, 5.74) is 1.23. The van der Waals surface area contributed by atoms with Crippen molar-refractivity contribution < 1.29 is 4.79 Å². The van der Waals surface area contributed by atoms with E-state index in [0.717, 1.165) is 10.2 Å². The molecular weight excluding hydrogens is 262 g/mol. The summed E-state index contributed by atoms with van der Waals surface area (Å²) in [5, 5.41) is 2.59. The number of halogens is 1. The Hall–Kier alpha value is -0.480. The van der Waals surface area contributed by atoms with Gasteiger partial charge in [0, 0.05) is 17.3 Å². The quantitative estimate of drug-likeness (QED) is 0.913. The molecular formula is C10H12BrNOS. The standard InChI is InChI=1S/C10H12BrNOS/c1-12-10(13)7-14-6-8-3-2-4-9(11)5-8/h2-5H,6-7H2,1H3,(H,12,13). The Morgan fingerprint density at radius 3 is 3.00 bits per heavy atom. The van der Waals surface area contributed by atoms with Gasteiger partial charge in [0.25, 0.3) is 0 Å². The van der Waals surface area contributed by atoms with Crippen molar-refractivity contribution in [2.75, 3.05) is 12.8 Å². The van der Waals surface area contributed by atoms with E-state index in [0.29, 0.717) is 5.75 Å². The third-order valence-corrected chi connectivity index (χ3v) is 3.17. The molecule has 0 atom stereocenters. The Bertz CT molecular complexity index is 317. The van der Waals surface area contributed by atoms with Crippen LogP contribution in [0.4, 0.5) is 0 Å². The van der Waals surface area contributed by atoms with Crippen molar-refractivity contribution in [2.45, 2.75) is 5.75 Å². The van der Waals surface area contributed by atoms with E-state index in [1.54, 1.807) is 18.8 Å². The van der Waals surface area contributed by atoms with Crippen LogP contribution in [0.1, 0.15) is 5.56 Å². The summed E-state index contributed by atoms with van der Waals surface area (Å²) < 4.78 is 1.08. The molecule has 76 valence electrons. The molecule has 0 aliphatic carbocycles. The van der Waals surface area contributed by atoms with Gasteiger partial charge in [0.15, 0.2) is 0 Å². The van der Waals surface area contributed by atoms with Crippen molar-refractivity contribution in [2.24, 2.45) is 0 Å². The monoisotopic (exact) mass is 273 g/mol. The molecule has 0 aliphatic heterocycles. The average Bonchev–Trinajstić information content (AvgIpc) is 2.17. The van der Waals surface area contributed by atoms with E-state index in [2.05, 4.69) is 33.4 Å². The van der Waals surface area contributed by atoms with E-state index in [1.807, 2.05) is 12.1 Å². The largest absolute Gasteiger partial charge is 0.358 e. The minimum absolute atomic E-state index is 0.0741. The third kappa shape index (κ3) is 4.15. The second-order valence-corrected chi connectivity index (χ2v) is 4.70. The maximum absolute atomic E-state index is 10.9. The zero-order valence-electron chi connectivity index (χ0n) is 7.92. The van der Waals surface area contributed by atoms with Crippen LogP contribution in [-0.4, -0.2) is 18.7 Å². The van der Waals surface area contributed by atoms with Crippen LogP contribution in [0.5, 0.6) is 0 Å². The van der Waals surface area contributed by atoms with Gasteiger partial charge in [-0.2, -0.15) is 0 Å². The van der Waals surface area contributed by atoms with E-state index in [-0.39, 0.29) is 5.91 Å². The highest BCUT2D eigenvalue weighted by Gasteiger charge is 1.99. The van der Waals surface area contributed by atoms with Gasteiger partial charge in [0.05, 0.1) is 5.75 Å². The predicted molar refractivity (Wildman–Crippen MR) is 64.4 cm³/mol. The first kappa shape index (κ1) is 11.6. The topological polar surface area (TPSA) is 29.1 Å². The smallest absolute Gasteiger partial charge is 0.229 e. The molecule has 1 N–H and O–H groups in total. The van der Waals surface area contributed by atoms with Crippen molar-refractivity contribution in [3.8, 4) is 0 Å². The maximum atomic E-state index is 10.9. The summed E-state index contributed by atoms with van der Waals surface area (Å²) in [7, 11) is 1.65. The van der Waals surface area contributed by atoms with Gasteiger partial charge >= 0.3 is 0 Å². The maximum Gasteiger partial charge on any atom is 0.229 e. The van der Waals surface area contributed by atoms with Crippen LogP contribution in [0.3, 0.4) is 0 Å². The van der Waals surface area contributed by atoms with Gasteiger partial charge in [-0.05, 0) is 17.7 Å². The molecule has 0 saturated heterocycles. The highest BCUT2D eigenvalue weighted by molar-refractivity contribution is 9.10. The summed E-state index contributed by atoms with van der Waals surface area (Å²) in [6.45, 7) is 0. The number of carbonyl (C=O) groups is 1. The summed E-state index contributed by atoms with van der Waals surface area (Å²) in [5.74, 6) is 1.46. The van der Waals surface area contributed by atoms with Gasteiger partial charge in [0.2, 0.25) is 5.91 Å². The van der Waals surface area contributed by atoms with Gasteiger partial charge in [-0.25, -0.2) is 0 Å². The third-order valence-electron chi connectivity index (χ3n) is 1.67. The van der Waals surface area contributed by atoms with Crippen LogP contribution in [0.15, 0.2) is 28.7 Å². The zero-order chi connectivity index (χ0) is 10.4. The minimum atomic E-state index is 0.0741. The van der Waals surface area contributed by atoms with Gasteiger partial charge < -0.3 is 5.32 Å². The van der Waals surface area contributed by atoms with Crippen LogP contribution in [-0.2, 0) is 10.5 Å². The van der Waals surface area contributed by atoms with E-state index < -0.39 is 0 Å². The van der Waals surface area contributed by atoms with Gasteiger partial charge in [0.1, 0.15) is 0 Å². The molecule has 0 heterocycles. The van der Waals surface area contributed by atoms with Crippen LogP contribution in [0.2, 0.25) is 0 Å². The Kier molecular flexibility index (Phi) is 5.04. The van der Waals surface area contributed by atoms with Crippen molar-refractivity contribution >= 4 is 33.6 Å². The first-order valence-corrected chi connectivity index (χ1v) is 6.20. The molecule has 1 aromatic carbocycles. The van der Waals surface area contributed by atoms with Crippen molar-refractivity contribution in [3.63, 3.8) is 0 Å². The molecule has 0 saturated carbocycles. The van der Waals surface area contributed by atoms with E-state index >= 15 is 0 Å². The Labute approximate surface area is 96.6 Å². The SMILES string of the molecule is CNC(=O)CSCc1cccc(Br)c1. The molecule has 2 nitrogen and oxygen atoms in total. The lowest BCUT2D eigenvalue weighted by molar-refractivity contribution is -0.118. The molecule has 0 radical (unpaired) electrons. The number of rotatable bonds is 4. The second kappa shape index (κ2) is 6.09. The van der Waals surface area contributed by atoms with Crippen LogP contribution >= 0.6 is 27.7 Å². The number of hydrogen-bond acceptors (Lipinski definition) is 2. The Morgan fingerprint density at radius 2 is 2.36 bits per heavy atom. The summed E-state index contributed by atoms with van der Waals surface area (Å²) in [6, 6.07) is 8.12. The molecule has 0 spiro atoms. The molecule has 0 fully saturated rings. The van der Waals surface area contributed by atoms with Crippen molar-refractivity contribution in [1.29, 1.82) is 0 Å². The molecule has 1 aromatic rings. The number of thioether (sulfide) groups is 1. The highest BCUT2D eigenvalue weighted by Crippen LogP contribution is 2.16. The second-order valence-electron chi connectivity index (χ2n) is 2.80. The van der Waals surface area contributed by atoms with Gasteiger partial charge in [-0.3, -0.25) is 4.79 Å². The number of amides is 1. The average molecular weight is 274 g/mol. The summed E-state index contributed by atoms with van der Waals surface area (Å²) in [4.78, 5) is 10.9. The molecule has 0 unspecified atom stereocenters. The minimum Gasteiger partial charge on any atom is -0.358 e.